The smallest absolute Gasteiger partial charge is 0.317 e. The first-order valence-electron chi connectivity index (χ1n) is 9.91. The van der Waals surface area contributed by atoms with Gasteiger partial charge < -0.3 is 15.0 Å². The van der Waals surface area contributed by atoms with E-state index in [-0.39, 0.29) is 12.0 Å². The van der Waals surface area contributed by atoms with E-state index in [2.05, 4.69) is 5.32 Å². The number of likely N-dealkylation sites (tertiary alicyclic amines) is 1. The van der Waals surface area contributed by atoms with Crippen molar-refractivity contribution in [3.05, 3.63) is 71.8 Å². The molecule has 28 heavy (non-hydrogen) atoms. The van der Waals surface area contributed by atoms with Crippen molar-refractivity contribution in [2.24, 2.45) is 5.41 Å². The van der Waals surface area contributed by atoms with Gasteiger partial charge in [-0.1, -0.05) is 60.7 Å². The van der Waals surface area contributed by atoms with Gasteiger partial charge in [0.05, 0.1) is 12.0 Å². The summed E-state index contributed by atoms with van der Waals surface area (Å²) in [5, 5.41) is 2.98. The van der Waals surface area contributed by atoms with E-state index in [1.54, 1.807) is 4.90 Å². The van der Waals surface area contributed by atoms with Gasteiger partial charge in [-0.3, -0.25) is 4.79 Å². The number of nitrogens with one attached hydrogen (secondary N) is 1. The summed E-state index contributed by atoms with van der Waals surface area (Å²) in [5.74, 6) is -0.209. The number of hydrogen-bond acceptors (Lipinski definition) is 3. The van der Waals surface area contributed by atoms with Crippen LogP contribution >= 0.6 is 0 Å². The lowest BCUT2D eigenvalue weighted by atomic mass is 9.75. The molecule has 1 aliphatic heterocycles. The normalized spacial score (nSPS) is 19.1. The third-order valence-electron chi connectivity index (χ3n) is 5.24. The van der Waals surface area contributed by atoms with Crippen LogP contribution in [0.3, 0.4) is 0 Å². The summed E-state index contributed by atoms with van der Waals surface area (Å²) in [6.45, 7) is 3.66. The molecule has 2 aromatic rings. The number of nitrogens with zero attached hydrogens (tertiary/aromatic N) is 1. The molecule has 3 rings (SSSR count). The molecule has 2 amide bonds. The molecule has 1 unspecified atom stereocenters. The average Bonchev–Trinajstić information content (AvgIpc) is 2.74. The molecule has 0 saturated carbocycles. The minimum atomic E-state index is -0.695. The first-order valence-corrected chi connectivity index (χ1v) is 9.91. The van der Waals surface area contributed by atoms with E-state index in [0.717, 1.165) is 24.0 Å². The Balaban J connectivity index is 1.71. The van der Waals surface area contributed by atoms with Gasteiger partial charge in [0.2, 0.25) is 0 Å². The van der Waals surface area contributed by atoms with Crippen molar-refractivity contribution in [2.75, 3.05) is 19.7 Å². The van der Waals surface area contributed by atoms with Crippen LogP contribution in [0, 0.1) is 5.41 Å². The summed E-state index contributed by atoms with van der Waals surface area (Å²) in [6.07, 6.45) is 2.09. The predicted octanol–water partition coefficient (Wildman–Crippen LogP) is 3.78. The van der Waals surface area contributed by atoms with Crippen molar-refractivity contribution in [1.29, 1.82) is 0 Å². The monoisotopic (exact) mass is 380 g/mol. The average molecular weight is 380 g/mol. The van der Waals surface area contributed by atoms with Crippen LogP contribution in [0.2, 0.25) is 0 Å². The molecule has 148 valence electrons. The van der Waals surface area contributed by atoms with Crippen LogP contribution in [0.25, 0.3) is 0 Å². The van der Waals surface area contributed by atoms with E-state index in [4.69, 9.17) is 4.74 Å². The second-order valence-electron chi connectivity index (χ2n) is 7.33. The highest BCUT2D eigenvalue weighted by Gasteiger charge is 2.44. The lowest BCUT2D eigenvalue weighted by molar-refractivity contribution is -0.158. The molecule has 1 fully saturated rings. The number of urea groups is 1. The quantitative estimate of drug-likeness (QED) is 0.776. The van der Waals surface area contributed by atoms with Crippen LogP contribution in [0.15, 0.2) is 60.7 Å². The second-order valence-corrected chi connectivity index (χ2v) is 7.33. The fraction of sp³-hybridized carbons (Fsp3) is 0.391. The first-order chi connectivity index (χ1) is 13.6. The van der Waals surface area contributed by atoms with Crippen LogP contribution < -0.4 is 5.32 Å². The van der Waals surface area contributed by atoms with E-state index in [1.165, 1.54) is 0 Å². The fourth-order valence-electron chi connectivity index (χ4n) is 3.84. The molecular formula is C23H28N2O3. The summed E-state index contributed by atoms with van der Waals surface area (Å²) in [4.78, 5) is 27.4. The summed E-state index contributed by atoms with van der Waals surface area (Å²) in [6, 6.07) is 19.6. The number of carbonyl (C=O) groups is 2. The van der Waals surface area contributed by atoms with Gasteiger partial charge in [0.25, 0.3) is 0 Å². The highest BCUT2D eigenvalue weighted by molar-refractivity contribution is 5.80. The largest absolute Gasteiger partial charge is 0.466 e. The molecule has 0 radical (unpaired) electrons. The van der Waals surface area contributed by atoms with Gasteiger partial charge in [-0.05, 0) is 37.3 Å². The standard InChI is InChI=1S/C23H28N2O3/c1-2-28-21(26)23(16-19-10-5-3-6-11-19)14-9-15-25(18-23)22(27)24-17-20-12-7-4-8-13-20/h3-8,10-13H,2,9,14-18H2,1H3,(H,24,27). The minimum absolute atomic E-state index is 0.134. The summed E-state index contributed by atoms with van der Waals surface area (Å²) >= 11 is 0. The van der Waals surface area contributed by atoms with E-state index in [1.807, 2.05) is 67.6 Å². The van der Waals surface area contributed by atoms with E-state index < -0.39 is 5.41 Å². The van der Waals surface area contributed by atoms with Crippen LogP contribution in [-0.4, -0.2) is 36.6 Å². The number of amides is 2. The maximum Gasteiger partial charge on any atom is 0.317 e. The molecule has 5 nitrogen and oxygen atoms in total. The number of carbonyl (C=O) groups excluding carboxylic acids is 2. The minimum Gasteiger partial charge on any atom is -0.466 e. The van der Waals surface area contributed by atoms with Gasteiger partial charge in [-0.15, -0.1) is 0 Å². The van der Waals surface area contributed by atoms with Crippen LogP contribution in [0.5, 0.6) is 0 Å². The zero-order valence-electron chi connectivity index (χ0n) is 16.4. The van der Waals surface area contributed by atoms with Crippen molar-refractivity contribution in [2.45, 2.75) is 32.7 Å². The number of piperidine rings is 1. The maximum absolute atomic E-state index is 12.9. The van der Waals surface area contributed by atoms with E-state index in [9.17, 15) is 9.59 Å². The maximum atomic E-state index is 12.9. The number of benzene rings is 2. The van der Waals surface area contributed by atoms with Crippen LogP contribution in [0.1, 0.15) is 30.9 Å². The van der Waals surface area contributed by atoms with Crippen molar-refractivity contribution >= 4 is 12.0 Å². The van der Waals surface area contributed by atoms with Crippen molar-refractivity contribution < 1.29 is 14.3 Å². The molecule has 1 saturated heterocycles. The zero-order chi connectivity index (χ0) is 19.8. The van der Waals surface area contributed by atoms with Gasteiger partial charge in [0.15, 0.2) is 0 Å². The van der Waals surface area contributed by atoms with Gasteiger partial charge in [-0.25, -0.2) is 4.79 Å². The van der Waals surface area contributed by atoms with Gasteiger partial charge >= 0.3 is 12.0 Å². The lowest BCUT2D eigenvalue weighted by Gasteiger charge is -2.41. The molecule has 1 heterocycles. The Hall–Kier alpha value is -2.82. The Bertz CT molecular complexity index is 779. The van der Waals surface area contributed by atoms with E-state index >= 15 is 0 Å². The molecule has 1 atom stereocenters. The van der Waals surface area contributed by atoms with Crippen molar-refractivity contribution in [3.63, 3.8) is 0 Å². The number of esters is 1. The van der Waals surface area contributed by atoms with Crippen LogP contribution in [0.4, 0.5) is 4.79 Å². The molecule has 1 aliphatic rings. The number of hydrogen-bond donors (Lipinski definition) is 1. The fourth-order valence-corrected chi connectivity index (χ4v) is 3.84. The zero-order valence-corrected chi connectivity index (χ0v) is 16.4. The summed E-state index contributed by atoms with van der Waals surface area (Å²) in [7, 11) is 0. The molecule has 0 aliphatic carbocycles. The molecule has 5 heteroatoms. The number of rotatable bonds is 6. The molecule has 0 aromatic heterocycles. The predicted molar refractivity (Wildman–Crippen MR) is 109 cm³/mol. The number of ether oxygens (including phenoxy) is 1. The highest BCUT2D eigenvalue weighted by Crippen LogP contribution is 2.35. The molecule has 1 N–H and O–H groups in total. The Morgan fingerprint density at radius 3 is 2.32 bits per heavy atom. The molecule has 0 spiro atoms. The summed E-state index contributed by atoms with van der Waals surface area (Å²) in [5.41, 5.74) is 1.44. The SMILES string of the molecule is CCOC(=O)C1(Cc2ccccc2)CCCN(C(=O)NCc2ccccc2)C1. The third kappa shape index (κ3) is 4.91. The highest BCUT2D eigenvalue weighted by atomic mass is 16.5. The van der Waals surface area contributed by atoms with Gasteiger partial charge in [-0.2, -0.15) is 0 Å². The van der Waals surface area contributed by atoms with E-state index in [0.29, 0.717) is 32.7 Å². The van der Waals surface area contributed by atoms with Crippen LogP contribution in [-0.2, 0) is 22.5 Å². The molecular weight excluding hydrogens is 352 g/mol. The van der Waals surface area contributed by atoms with Gasteiger partial charge in [0, 0.05) is 19.6 Å². The third-order valence-corrected chi connectivity index (χ3v) is 5.24. The Morgan fingerprint density at radius 1 is 1.04 bits per heavy atom. The van der Waals surface area contributed by atoms with Crippen molar-refractivity contribution in [1.82, 2.24) is 10.2 Å². The lowest BCUT2D eigenvalue weighted by Crippen LogP contribution is -2.53. The molecule has 2 aromatic carbocycles. The summed E-state index contributed by atoms with van der Waals surface area (Å²) < 4.78 is 5.42. The Morgan fingerprint density at radius 2 is 1.68 bits per heavy atom. The van der Waals surface area contributed by atoms with Crippen molar-refractivity contribution in [3.8, 4) is 0 Å². The Labute approximate surface area is 166 Å². The first kappa shape index (κ1) is 19.9. The molecule has 0 bridgehead atoms. The Kier molecular flexibility index (Phi) is 6.69. The topological polar surface area (TPSA) is 58.6 Å². The van der Waals surface area contributed by atoms with Gasteiger partial charge in [0.1, 0.15) is 0 Å². The second kappa shape index (κ2) is 9.40.